The van der Waals surface area contributed by atoms with E-state index in [9.17, 15) is 13.2 Å². The number of anilines is 2. The Kier molecular flexibility index (Phi) is 5.33. The zero-order chi connectivity index (χ0) is 21.4. The van der Waals surface area contributed by atoms with Crippen LogP contribution in [0.15, 0.2) is 41.3 Å². The molecule has 2 aliphatic heterocycles. The number of rotatable bonds is 4. The summed E-state index contributed by atoms with van der Waals surface area (Å²) in [6, 6.07) is 10.4. The third kappa shape index (κ3) is 3.88. The van der Waals surface area contributed by atoms with Gasteiger partial charge in [0.05, 0.1) is 30.2 Å². The van der Waals surface area contributed by atoms with E-state index >= 15 is 0 Å². The van der Waals surface area contributed by atoms with Crippen molar-refractivity contribution in [1.82, 2.24) is 4.31 Å². The summed E-state index contributed by atoms with van der Waals surface area (Å²) in [6.07, 6.45) is 4.19. The zero-order valence-electron chi connectivity index (χ0n) is 17.1. The number of hydrogen-bond donors (Lipinski definition) is 2. The Labute approximate surface area is 181 Å². The van der Waals surface area contributed by atoms with Gasteiger partial charge in [0.25, 0.3) is 5.91 Å². The molecule has 0 bridgehead atoms. The van der Waals surface area contributed by atoms with Gasteiger partial charge in [0, 0.05) is 25.2 Å². The molecule has 0 radical (unpaired) electrons. The van der Waals surface area contributed by atoms with E-state index in [1.54, 1.807) is 24.3 Å². The van der Waals surface area contributed by atoms with E-state index in [0.717, 1.165) is 25.7 Å². The largest absolute Gasteiger partial charge is 0.454 e. The molecule has 1 saturated heterocycles. The third-order valence-electron chi connectivity index (χ3n) is 5.98. The van der Waals surface area contributed by atoms with E-state index in [1.807, 2.05) is 6.07 Å². The van der Waals surface area contributed by atoms with Gasteiger partial charge in [0.2, 0.25) is 10.0 Å². The predicted octanol–water partition coefficient (Wildman–Crippen LogP) is 3.42. The topological polar surface area (TPSA) is 97.0 Å². The molecule has 2 aromatic rings. The van der Waals surface area contributed by atoms with Gasteiger partial charge in [-0.25, -0.2) is 8.42 Å². The van der Waals surface area contributed by atoms with Gasteiger partial charge in [-0.05, 0) is 31.0 Å². The third-order valence-corrected chi connectivity index (χ3v) is 7.92. The van der Waals surface area contributed by atoms with Gasteiger partial charge in [-0.1, -0.05) is 25.0 Å². The number of nitrogens with zero attached hydrogens (tertiary/aromatic N) is 1. The number of hydrogen-bond acceptors (Lipinski definition) is 6. The SMILES string of the molecule is O=C1Nc2ccccc2Oc2cc(NC3CCCC3)c(S(=O)(=O)N3CCOCC3)cc21. The van der Waals surface area contributed by atoms with Crippen LogP contribution in [0.4, 0.5) is 11.4 Å². The molecular weight excluding hydrogens is 418 g/mol. The van der Waals surface area contributed by atoms with Crippen LogP contribution in [0.25, 0.3) is 0 Å². The molecule has 0 spiro atoms. The van der Waals surface area contributed by atoms with Crippen LogP contribution in [0.3, 0.4) is 0 Å². The molecule has 5 rings (SSSR count). The number of sulfonamides is 1. The van der Waals surface area contributed by atoms with Gasteiger partial charge in [-0.15, -0.1) is 0 Å². The number of nitrogens with one attached hydrogen (secondary N) is 2. The van der Waals surface area contributed by atoms with Crippen molar-refractivity contribution >= 4 is 27.3 Å². The summed E-state index contributed by atoms with van der Waals surface area (Å²) < 4.78 is 39.9. The number of carbonyl (C=O) groups is 1. The van der Waals surface area contributed by atoms with Crippen molar-refractivity contribution in [2.75, 3.05) is 36.9 Å². The quantitative estimate of drug-likeness (QED) is 0.752. The van der Waals surface area contributed by atoms with Crippen LogP contribution in [0.1, 0.15) is 36.0 Å². The fraction of sp³-hybridized carbons (Fsp3) is 0.409. The van der Waals surface area contributed by atoms with Crippen molar-refractivity contribution in [2.24, 2.45) is 0 Å². The first kappa shape index (κ1) is 20.3. The van der Waals surface area contributed by atoms with Crippen molar-refractivity contribution in [3.63, 3.8) is 0 Å². The average molecular weight is 444 g/mol. The van der Waals surface area contributed by atoms with Gasteiger partial charge >= 0.3 is 0 Å². The minimum Gasteiger partial charge on any atom is -0.454 e. The molecule has 31 heavy (non-hydrogen) atoms. The number of ether oxygens (including phenoxy) is 2. The van der Waals surface area contributed by atoms with E-state index < -0.39 is 15.9 Å². The first-order valence-electron chi connectivity index (χ1n) is 10.6. The van der Waals surface area contributed by atoms with Crippen LogP contribution >= 0.6 is 0 Å². The van der Waals surface area contributed by atoms with Crippen LogP contribution < -0.4 is 15.4 Å². The minimum absolute atomic E-state index is 0.102. The molecule has 8 nitrogen and oxygen atoms in total. The van der Waals surface area contributed by atoms with Crippen LogP contribution in [0.5, 0.6) is 11.5 Å². The Hall–Kier alpha value is -2.62. The monoisotopic (exact) mass is 443 g/mol. The maximum atomic E-state index is 13.5. The van der Waals surface area contributed by atoms with Gasteiger partial charge < -0.3 is 20.1 Å². The van der Waals surface area contributed by atoms with Gasteiger partial charge in [0.15, 0.2) is 5.75 Å². The Morgan fingerprint density at radius 2 is 1.77 bits per heavy atom. The molecule has 2 aromatic carbocycles. The second-order valence-electron chi connectivity index (χ2n) is 8.04. The molecule has 2 N–H and O–H groups in total. The van der Waals surface area contributed by atoms with E-state index in [1.165, 1.54) is 10.4 Å². The Bertz CT molecular complexity index is 1110. The lowest BCUT2D eigenvalue weighted by atomic mass is 10.1. The summed E-state index contributed by atoms with van der Waals surface area (Å²) in [6.45, 7) is 1.29. The van der Waals surface area contributed by atoms with E-state index in [-0.39, 0.29) is 29.6 Å². The van der Waals surface area contributed by atoms with Crippen molar-refractivity contribution in [3.8, 4) is 11.5 Å². The van der Waals surface area contributed by atoms with Crippen LogP contribution in [0, 0.1) is 0 Å². The van der Waals surface area contributed by atoms with Gasteiger partial charge in [0.1, 0.15) is 10.6 Å². The van der Waals surface area contributed by atoms with Crippen molar-refractivity contribution < 1.29 is 22.7 Å². The maximum Gasteiger partial charge on any atom is 0.259 e. The first-order valence-corrected chi connectivity index (χ1v) is 12.1. The predicted molar refractivity (Wildman–Crippen MR) is 116 cm³/mol. The second-order valence-corrected chi connectivity index (χ2v) is 9.95. The highest BCUT2D eigenvalue weighted by Crippen LogP contribution is 2.40. The van der Waals surface area contributed by atoms with E-state index in [4.69, 9.17) is 9.47 Å². The zero-order valence-corrected chi connectivity index (χ0v) is 17.9. The molecule has 1 amide bonds. The number of para-hydroxylation sites is 2. The Morgan fingerprint density at radius 3 is 2.55 bits per heavy atom. The summed E-state index contributed by atoms with van der Waals surface area (Å²) in [5.74, 6) is 0.458. The Balaban J connectivity index is 1.61. The first-order chi connectivity index (χ1) is 15.0. The summed E-state index contributed by atoms with van der Waals surface area (Å²) in [5.41, 5.74) is 1.22. The number of benzene rings is 2. The molecule has 9 heteroatoms. The van der Waals surface area contributed by atoms with Crippen molar-refractivity contribution in [3.05, 3.63) is 42.0 Å². The number of amides is 1. The van der Waals surface area contributed by atoms with Crippen molar-refractivity contribution in [1.29, 1.82) is 0 Å². The number of fused-ring (bicyclic) bond motifs is 2. The average Bonchev–Trinajstić information content (AvgIpc) is 3.24. The van der Waals surface area contributed by atoms with E-state index in [2.05, 4.69) is 10.6 Å². The standard InChI is InChI=1S/C22H25N3O5S/c26-22-16-13-21(31(27,28)25-9-11-29-12-10-25)18(23-15-5-1-2-6-15)14-20(16)30-19-8-4-3-7-17(19)24-22/h3-4,7-8,13-15,23H,1-2,5-6,9-12H2,(H,24,26). The highest BCUT2D eigenvalue weighted by atomic mass is 32.2. The summed E-state index contributed by atoms with van der Waals surface area (Å²) in [5, 5.41) is 6.23. The van der Waals surface area contributed by atoms with Gasteiger partial charge in [-0.3, -0.25) is 4.79 Å². The normalized spacial score (nSPS) is 19.7. The maximum absolute atomic E-state index is 13.5. The van der Waals surface area contributed by atoms with Crippen molar-refractivity contribution in [2.45, 2.75) is 36.6 Å². The summed E-state index contributed by atoms with van der Waals surface area (Å²) in [7, 11) is -3.82. The molecular formula is C22H25N3O5S. The molecule has 2 fully saturated rings. The highest BCUT2D eigenvalue weighted by Gasteiger charge is 2.33. The molecule has 1 aliphatic carbocycles. The van der Waals surface area contributed by atoms with E-state index in [0.29, 0.717) is 36.1 Å². The molecule has 164 valence electrons. The summed E-state index contributed by atoms with van der Waals surface area (Å²) in [4.78, 5) is 13.0. The smallest absolute Gasteiger partial charge is 0.259 e. The van der Waals surface area contributed by atoms with Gasteiger partial charge in [-0.2, -0.15) is 4.31 Å². The lowest BCUT2D eigenvalue weighted by Crippen LogP contribution is -2.41. The molecule has 0 atom stereocenters. The number of morpholine rings is 1. The lowest BCUT2D eigenvalue weighted by Gasteiger charge is -2.28. The second kappa shape index (κ2) is 8.14. The Morgan fingerprint density at radius 1 is 1.03 bits per heavy atom. The van der Waals surface area contributed by atoms with Crippen LogP contribution in [0.2, 0.25) is 0 Å². The molecule has 0 aromatic heterocycles. The molecule has 2 heterocycles. The molecule has 0 unspecified atom stereocenters. The lowest BCUT2D eigenvalue weighted by molar-refractivity contribution is 0.0730. The highest BCUT2D eigenvalue weighted by molar-refractivity contribution is 7.89. The minimum atomic E-state index is -3.82. The van der Waals surface area contributed by atoms with Crippen LogP contribution in [-0.2, 0) is 14.8 Å². The number of carbonyl (C=O) groups excluding carboxylic acids is 1. The fourth-order valence-corrected chi connectivity index (χ4v) is 5.90. The fourth-order valence-electron chi connectivity index (χ4n) is 4.33. The summed E-state index contributed by atoms with van der Waals surface area (Å²) >= 11 is 0. The molecule has 3 aliphatic rings. The molecule has 1 saturated carbocycles. The van der Waals surface area contributed by atoms with Crippen LogP contribution in [-0.4, -0.2) is 51.0 Å².